The minimum absolute atomic E-state index is 0.470. The summed E-state index contributed by atoms with van der Waals surface area (Å²) < 4.78 is 10.5. The fourth-order valence-corrected chi connectivity index (χ4v) is 2.14. The SMILES string of the molecule is CCCCNc1nncc(Nc2cc(OC)c(Cl)cc2OC)n1. The molecule has 1 heterocycles. The van der Waals surface area contributed by atoms with Crippen LogP contribution in [0.25, 0.3) is 0 Å². The third kappa shape index (κ3) is 4.59. The Bertz CT molecular complexity index is 654. The summed E-state index contributed by atoms with van der Waals surface area (Å²) in [7, 11) is 3.12. The van der Waals surface area contributed by atoms with Crippen LogP contribution in [0.3, 0.4) is 0 Å². The Morgan fingerprint density at radius 1 is 1.17 bits per heavy atom. The number of nitrogens with zero attached hydrogens (tertiary/aromatic N) is 3. The molecule has 0 saturated carbocycles. The number of benzene rings is 1. The molecule has 124 valence electrons. The highest BCUT2D eigenvalue weighted by Gasteiger charge is 2.11. The number of unbranched alkanes of at least 4 members (excludes halogenated alkanes) is 1. The Labute approximate surface area is 140 Å². The van der Waals surface area contributed by atoms with Crippen LogP contribution in [0.5, 0.6) is 11.5 Å². The molecule has 1 aromatic carbocycles. The zero-order chi connectivity index (χ0) is 16.7. The Balaban J connectivity index is 2.19. The molecule has 2 aromatic rings. The lowest BCUT2D eigenvalue weighted by Gasteiger charge is -2.13. The van der Waals surface area contributed by atoms with E-state index in [0.717, 1.165) is 19.4 Å². The van der Waals surface area contributed by atoms with Gasteiger partial charge in [-0.3, -0.25) is 0 Å². The van der Waals surface area contributed by atoms with Gasteiger partial charge < -0.3 is 20.1 Å². The molecule has 0 amide bonds. The number of methoxy groups -OCH3 is 2. The predicted octanol–water partition coefficient (Wildman–Crippen LogP) is 3.50. The molecule has 0 bridgehead atoms. The summed E-state index contributed by atoms with van der Waals surface area (Å²) in [4.78, 5) is 4.37. The zero-order valence-corrected chi connectivity index (χ0v) is 14.1. The molecule has 2 rings (SSSR count). The van der Waals surface area contributed by atoms with Gasteiger partial charge in [0.2, 0.25) is 5.95 Å². The molecule has 0 unspecified atom stereocenters. The summed E-state index contributed by atoms with van der Waals surface area (Å²) in [5.74, 6) is 2.14. The van der Waals surface area contributed by atoms with Crippen molar-refractivity contribution in [1.29, 1.82) is 0 Å². The van der Waals surface area contributed by atoms with E-state index < -0.39 is 0 Å². The maximum atomic E-state index is 6.10. The third-order valence-corrected chi connectivity index (χ3v) is 3.40. The van der Waals surface area contributed by atoms with Gasteiger partial charge in [-0.2, -0.15) is 10.1 Å². The first-order valence-corrected chi connectivity index (χ1v) is 7.67. The van der Waals surface area contributed by atoms with Crippen molar-refractivity contribution in [2.45, 2.75) is 19.8 Å². The van der Waals surface area contributed by atoms with E-state index in [9.17, 15) is 0 Å². The summed E-state index contributed by atoms with van der Waals surface area (Å²) in [6.45, 7) is 2.93. The number of aromatic nitrogens is 3. The van der Waals surface area contributed by atoms with E-state index in [1.165, 1.54) is 6.20 Å². The molecule has 23 heavy (non-hydrogen) atoms. The summed E-state index contributed by atoms with van der Waals surface area (Å²) in [6.07, 6.45) is 3.68. The van der Waals surface area contributed by atoms with Crippen LogP contribution in [0, 0.1) is 0 Å². The predicted molar refractivity (Wildman–Crippen MR) is 91.1 cm³/mol. The van der Waals surface area contributed by atoms with Crippen molar-refractivity contribution in [3.63, 3.8) is 0 Å². The van der Waals surface area contributed by atoms with E-state index in [0.29, 0.717) is 34.0 Å². The lowest BCUT2D eigenvalue weighted by molar-refractivity contribution is 0.405. The maximum absolute atomic E-state index is 6.10. The van der Waals surface area contributed by atoms with Gasteiger partial charge in [-0.15, -0.1) is 5.10 Å². The maximum Gasteiger partial charge on any atom is 0.244 e. The molecule has 0 aliphatic rings. The molecular formula is C15H20ClN5O2. The fraction of sp³-hybridized carbons (Fsp3) is 0.400. The Morgan fingerprint density at radius 2 is 1.96 bits per heavy atom. The van der Waals surface area contributed by atoms with Gasteiger partial charge in [-0.1, -0.05) is 24.9 Å². The second-order valence-corrected chi connectivity index (χ2v) is 5.16. The number of hydrogen-bond acceptors (Lipinski definition) is 7. The Morgan fingerprint density at radius 3 is 2.65 bits per heavy atom. The molecule has 0 radical (unpaired) electrons. The minimum atomic E-state index is 0.470. The van der Waals surface area contributed by atoms with Crippen molar-refractivity contribution in [2.24, 2.45) is 0 Å². The number of ether oxygens (including phenoxy) is 2. The monoisotopic (exact) mass is 337 g/mol. The van der Waals surface area contributed by atoms with Crippen LogP contribution in [-0.2, 0) is 0 Å². The number of anilines is 3. The van der Waals surface area contributed by atoms with Crippen molar-refractivity contribution in [3.8, 4) is 11.5 Å². The summed E-state index contributed by atoms with van der Waals surface area (Å²) in [5.41, 5.74) is 0.675. The first-order chi connectivity index (χ1) is 11.2. The molecule has 0 aliphatic heterocycles. The Kier molecular flexibility index (Phi) is 6.22. The highest BCUT2D eigenvalue weighted by molar-refractivity contribution is 6.32. The van der Waals surface area contributed by atoms with Crippen LogP contribution in [-0.4, -0.2) is 35.9 Å². The van der Waals surface area contributed by atoms with Crippen molar-refractivity contribution >= 4 is 29.1 Å². The van der Waals surface area contributed by atoms with Gasteiger partial charge in [-0.25, -0.2) is 0 Å². The van der Waals surface area contributed by atoms with E-state index in [2.05, 4.69) is 32.7 Å². The van der Waals surface area contributed by atoms with Crippen LogP contribution in [0.4, 0.5) is 17.5 Å². The second-order valence-electron chi connectivity index (χ2n) is 4.76. The van der Waals surface area contributed by atoms with E-state index in [-0.39, 0.29) is 0 Å². The van der Waals surface area contributed by atoms with Crippen molar-refractivity contribution in [2.75, 3.05) is 31.4 Å². The lowest BCUT2D eigenvalue weighted by atomic mass is 10.2. The van der Waals surface area contributed by atoms with Crippen molar-refractivity contribution < 1.29 is 9.47 Å². The summed E-state index contributed by atoms with van der Waals surface area (Å²) in [5, 5.41) is 14.6. The van der Waals surface area contributed by atoms with Gasteiger partial charge in [0.1, 0.15) is 11.5 Å². The minimum Gasteiger partial charge on any atom is -0.495 e. The molecule has 7 nitrogen and oxygen atoms in total. The molecule has 0 fully saturated rings. The summed E-state index contributed by atoms with van der Waals surface area (Å²) >= 11 is 6.10. The lowest BCUT2D eigenvalue weighted by Crippen LogP contribution is -2.07. The molecule has 8 heteroatoms. The first-order valence-electron chi connectivity index (χ1n) is 7.30. The number of rotatable bonds is 8. The van der Waals surface area contributed by atoms with Gasteiger partial charge in [-0.05, 0) is 6.42 Å². The second kappa shape index (κ2) is 8.38. The van der Waals surface area contributed by atoms with Gasteiger partial charge in [0.25, 0.3) is 0 Å². The molecule has 0 atom stereocenters. The van der Waals surface area contributed by atoms with Crippen molar-refractivity contribution in [1.82, 2.24) is 15.2 Å². The first kappa shape index (κ1) is 17.1. The molecule has 2 N–H and O–H groups in total. The average Bonchev–Trinajstić information content (AvgIpc) is 2.56. The van der Waals surface area contributed by atoms with E-state index >= 15 is 0 Å². The third-order valence-electron chi connectivity index (χ3n) is 3.11. The molecular weight excluding hydrogens is 318 g/mol. The average molecular weight is 338 g/mol. The number of nitrogens with one attached hydrogen (secondary N) is 2. The standard InChI is InChI=1S/C15H20ClN5O2/c1-4-5-6-17-15-20-14(9-18-21-15)19-11-8-12(22-2)10(16)7-13(11)23-3/h7-9H,4-6H2,1-3H3,(H2,17,19,20,21). The fourth-order valence-electron chi connectivity index (χ4n) is 1.91. The van der Waals surface area contributed by atoms with Gasteiger partial charge in [0.05, 0.1) is 31.1 Å². The van der Waals surface area contributed by atoms with Gasteiger partial charge >= 0.3 is 0 Å². The molecule has 1 aromatic heterocycles. The molecule has 0 saturated heterocycles. The highest BCUT2D eigenvalue weighted by Crippen LogP contribution is 2.36. The zero-order valence-electron chi connectivity index (χ0n) is 13.4. The van der Waals surface area contributed by atoms with Crippen LogP contribution in [0.15, 0.2) is 18.3 Å². The van der Waals surface area contributed by atoms with E-state index in [4.69, 9.17) is 21.1 Å². The van der Waals surface area contributed by atoms with Gasteiger partial charge in [0.15, 0.2) is 5.82 Å². The normalized spacial score (nSPS) is 10.3. The Hall–Kier alpha value is -2.28. The van der Waals surface area contributed by atoms with Gasteiger partial charge in [0, 0.05) is 18.7 Å². The van der Waals surface area contributed by atoms with Crippen LogP contribution in [0.2, 0.25) is 5.02 Å². The number of halogens is 1. The summed E-state index contributed by atoms with van der Waals surface area (Å²) in [6, 6.07) is 3.42. The van der Waals surface area contributed by atoms with E-state index in [1.807, 2.05) is 0 Å². The molecule has 0 aliphatic carbocycles. The highest BCUT2D eigenvalue weighted by atomic mass is 35.5. The number of hydrogen-bond donors (Lipinski definition) is 2. The quantitative estimate of drug-likeness (QED) is 0.713. The van der Waals surface area contributed by atoms with Crippen molar-refractivity contribution in [3.05, 3.63) is 23.4 Å². The topological polar surface area (TPSA) is 81.2 Å². The van der Waals surface area contributed by atoms with Crippen LogP contribution in [0.1, 0.15) is 19.8 Å². The molecule has 0 spiro atoms. The smallest absolute Gasteiger partial charge is 0.244 e. The van der Waals surface area contributed by atoms with Crippen LogP contribution >= 0.6 is 11.6 Å². The van der Waals surface area contributed by atoms with Crippen LogP contribution < -0.4 is 20.1 Å². The largest absolute Gasteiger partial charge is 0.495 e. The van der Waals surface area contributed by atoms with E-state index in [1.54, 1.807) is 26.4 Å².